The Hall–Kier alpha value is -3.58. The van der Waals surface area contributed by atoms with Crippen LogP contribution in [0.25, 0.3) is 33.6 Å². The maximum absolute atomic E-state index is 13.6. The zero-order valence-corrected chi connectivity index (χ0v) is 20.5. The molecule has 2 aromatic carbocycles. The standard InChI is InChI=1S/C27H26N4O2S/c1-17(2)31-26(32)24-23(21(15-30(24)4)19-11-7-5-8-12-19)29-27(31)34-16-22-18(3)33-25(28-22)20-13-9-6-10-14-20/h5-15,17H,16H2,1-4H3. The summed E-state index contributed by atoms with van der Waals surface area (Å²) in [6.45, 7) is 5.94. The van der Waals surface area contributed by atoms with E-state index in [9.17, 15) is 4.79 Å². The van der Waals surface area contributed by atoms with Crippen LogP contribution in [0.1, 0.15) is 31.3 Å². The summed E-state index contributed by atoms with van der Waals surface area (Å²) in [4.78, 5) is 23.3. The predicted molar refractivity (Wildman–Crippen MR) is 137 cm³/mol. The lowest BCUT2D eigenvalue weighted by Gasteiger charge is -2.15. The maximum atomic E-state index is 13.6. The minimum atomic E-state index is -0.0333. The Bertz CT molecular complexity index is 1520. The Morgan fingerprint density at radius 3 is 2.26 bits per heavy atom. The Morgan fingerprint density at radius 1 is 0.971 bits per heavy atom. The number of hydrogen-bond acceptors (Lipinski definition) is 5. The molecule has 7 heteroatoms. The SMILES string of the molecule is Cc1oc(-c2ccccc2)nc1CSc1nc2c(-c3ccccc3)cn(C)c2c(=O)n1C(C)C. The number of thioether (sulfide) groups is 1. The van der Waals surface area contributed by atoms with Crippen LogP contribution in [0.2, 0.25) is 0 Å². The van der Waals surface area contributed by atoms with Crippen LogP contribution in [0.15, 0.2) is 81.2 Å². The lowest BCUT2D eigenvalue weighted by atomic mass is 10.1. The Morgan fingerprint density at radius 2 is 1.62 bits per heavy atom. The first kappa shape index (κ1) is 22.2. The number of benzene rings is 2. The van der Waals surface area contributed by atoms with Crippen LogP contribution in [0.3, 0.4) is 0 Å². The van der Waals surface area contributed by atoms with Crippen molar-refractivity contribution in [3.63, 3.8) is 0 Å². The molecule has 3 aromatic heterocycles. The number of hydrogen-bond donors (Lipinski definition) is 0. The quantitative estimate of drug-likeness (QED) is 0.217. The van der Waals surface area contributed by atoms with E-state index in [1.807, 2.05) is 99.2 Å². The van der Waals surface area contributed by atoms with Gasteiger partial charge in [0.25, 0.3) is 5.56 Å². The van der Waals surface area contributed by atoms with E-state index in [2.05, 4.69) is 0 Å². The Balaban J connectivity index is 1.56. The molecule has 0 unspecified atom stereocenters. The zero-order chi connectivity index (χ0) is 23.8. The van der Waals surface area contributed by atoms with Gasteiger partial charge in [-0.25, -0.2) is 9.97 Å². The molecular weight excluding hydrogens is 444 g/mol. The largest absolute Gasteiger partial charge is 0.441 e. The number of aromatic nitrogens is 4. The smallest absolute Gasteiger partial charge is 0.278 e. The van der Waals surface area contributed by atoms with E-state index in [4.69, 9.17) is 14.4 Å². The van der Waals surface area contributed by atoms with Gasteiger partial charge in [0.1, 0.15) is 16.8 Å². The second kappa shape index (κ2) is 8.99. The fraction of sp³-hybridized carbons (Fsp3) is 0.222. The van der Waals surface area contributed by atoms with Gasteiger partial charge in [-0.05, 0) is 38.5 Å². The highest BCUT2D eigenvalue weighted by molar-refractivity contribution is 7.98. The molecule has 0 aliphatic rings. The third kappa shape index (κ3) is 3.96. The average Bonchev–Trinajstić information content (AvgIpc) is 3.38. The van der Waals surface area contributed by atoms with Crippen molar-refractivity contribution in [3.8, 4) is 22.6 Å². The fourth-order valence-electron chi connectivity index (χ4n) is 4.11. The van der Waals surface area contributed by atoms with Gasteiger partial charge >= 0.3 is 0 Å². The molecule has 0 amide bonds. The van der Waals surface area contributed by atoms with Crippen molar-refractivity contribution in [1.82, 2.24) is 19.1 Å². The Kier molecular flexibility index (Phi) is 5.87. The normalized spacial score (nSPS) is 11.6. The molecule has 0 saturated heterocycles. The molecule has 6 nitrogen and oxygen atoms in total. The lowest BCUT2D eigenvalue weighted by molar-refractivity contribution is 0.517. The van der Waals surface area contributed by atoms with Gasteiger partial charge in [0.05, 0.1) is 5.69 Å². The van der Waals surface area contributed by atoms with Crippen molar-refractivity contribution in [2.45, 2.75) is 37.7 Å². The molecule has 0 bridgehead atoms. The summed E-state index contributed by atoms with van der Waals surface area (Å²) in [6.07, 6.45) is 1.99. The van der Waals surface area contributed by atoms with E-state index in [0.29, 0.717) is 22.3 Å². The van der Waals surface area contributed by atoms with Gasteiger partial charge in [0.2, 0.25) is 5.89 Å². The molecule has 172 valence electrons. The molecular formula is C27H26N4O2S. The summed E-state index contributed by atoms with van der Waals surface area (Å²) in [7, 11) is 1.90. The van der Waals surface area contributed by atoms with Gasteiger partial charge in [0, 0.05) is 36.2 Å². The third-order valence-corrected chi connectivity index (χ3v) is 6.81. The number of rotatable bonds is 6. The summed E-state index contributed by atoms with van der Waals surface area (Å²) in [6, 6.07) is 19.9. The van der Waals surface area contributed by atoms with Crippen LogP contribution in [0, 0.1) is 6.92 Å². The second-order valence-electron chi connectivity index (χ2n) is 8.56. The van der Waals surface area contributed by atoms with Crippen molar-refractivity contribution in [2.75, 3.05) is 0 Å². The lowest BCUT2D eigenvalue weighted by Crippen LogP contribution is -2.26. The van der Waals surface area contributed by atoms with Gasteiger partial charge in [-0.1, -0.05) is 60.3 Å². The van der Waals surface area contributed by atoms with Gasteiger partial charge in [-0.3, -0.25) is 9.36 Å². The first-order valence-electron chi connectivity index (χ1n) is 11.3. The van der Waals surface area contributed by atoms with E-state index in [1.54, 1.807) is 4.57 Å². The third-order valence-electron chi connectivity index (χ3n) is 5.84. The van der Waals surface area contributed by atoms with Crippen molar-refractivity contribution in [3.05, 3.63) is 88.7 Å². The van der Waals surface area contributed by atoms with Crippen molar-refractivity contribution in [2.24, 2.45) is 7.05 Å². The molecule has 5 rings (SSSR count). The number of nitrogens with zero attached hydrogens (tertiary/aromatic N) is 4. The maximum Gasteiger partial charge on any atom is 0.278 e. The predicted octanol–water partition coefficient (Wildman–Crippen LogP) is 6.24. The van der Waals surface area contributed by atoms with Crippen molar-refractivity contribution < 1.29 is 4.42 Å². The van der Waals surface area contributed by atoms with Gasteiger partial charge in [-0.15, -0.1) is 0 Å². The summed E-state index contributed by atoms with van der Waals surface area (Å²) in [5.74, 6) is 1.93. The van der Waals surface area contributed by atoms with Crippen molar-refractivity contribution >= 4 is 22.8 Å². The minimum absolute atomic E-state index is 0.0275. The molecule has 0 aliphatic heterocycles. The molecule has 0 saturated carbocycles. The van der Waals surface area contributed by atoms with Crippen LogP contribution in [0.5, 0.6) is 0 Å². The summed E-state index contributed by atoms with van der Waals surface area (Å²) in [5.41, 5.74) is 5.09. The minimum Gasteiger partial charge on any atom is -0.441 e. The van der Waals surface area contributed by atoms with E-state index in [1.165, 1.54) is 11.8 Å². The molecule has 0 spiro atoms. The fourth-order valence-corrected chi connectivity index (χ4v) is 5.24. The molecule has 0 radical (unpaired) electrons. The molecule has 5 aromatic rings. The van der Waals surface area contributed by atoms with Crippen LogP contribution < -0.4 is 5.56 Å². The van der Waals surface area contributed by atoms with Crippen molar-refractivity contribution in [1.29, 1.82) is 0 Å². The molecule has 0 fully saturated rings. The van der Waals surface area contributed by atoms with E-state index >= 15 is 0 Å². The summed E-state index contributed by atoms with van der Waals surface area (Å²) < 4.78 is 9.58. The highest BCUT2D eigenvalue weighted by atomic mass is 32.2. The second-order valence-corrected chi connectivity index (χ2v) is 9.50. The average molecular weight is 471 g/mol. The van der Waals surface area contributed by atoms with E-state index < -0.39 is 0 Å². The highest BCUT2D eigenvalue weighted by Gasteiger charge is 2.21. The highest BCUT2D eigenvalue weighted by Crippen LogP contribution is 2.32. The molecule has 3 heterocycles. The first-order chi connectivity index (χ1) is 16.4. The molecule has 0 aliphatic carbocycles. The van der Waals surface area contributed by atoms with E-state index in [0.717, 1.165) is 33.7 Å². The Labute approximate surface area is 202 Å². The van der Waals surface area contributed by atoms with E-state index in [-0.39, 0.29) is 11.6 Å². The van der Waals surface area contributed by atoms with Gasteiger partial charge < -0.3 is 8.98 Å². The van der Waals surface area contributed by atoms with Gasteiger partial charge in [0.15, 0.2) is 5.16 Å². The zero-order valence-electron chi connectivity index (χ0n) is 19.6. The monoisotopic (exact) mass is 470 g/mol. The number of aryl methyl sites for hydroxylation is 2. The van der Waals surface area contributed by atoms with Crippen LogP contribution in [-0.4, -0.2) is 19.1 Å². The first-order valence-corrected chi connectivity index (χ1v) is 12.2. The van der Waals surface area contributed by atoms with Crippen LogP contribution in [-0.2, 0) is 12.8 Å². The van der Waals surface area contributed by atoms with Crippen LogP contribution in [0.4, 0.5) is 0 Å². The molecule has 0 N–H and O–H groups in total. The van der Waals surface area contributed by atoms with Crippen LogP contribution >= 0.6 is 11.8 Å². The molecule has 34 heavy (non-hydrogen) atoms. The summed E-state index contributed by atoms with van der Waals surface area (Å²) >= 11 is 1.51. The summed E-state index contributed by atoms with van der Waals surface area (Å²) in [5, 5.41) is 0.680. The van der Waals surface area contributed by atoms with Gasteiger partial charge in [-0.2, -0.15) is 0 Å². The topological polar surface area (TPSA) is 65.8 Å². The number of fused-ring (bicyclic) bond motifs is 1. The molecule has 0 atom stereocenters. The number of oxazole rings is 1.